The number of aryl methyl sites for hydroxylation is 2. The third-order valence-electron chi connectivity index (χ3n) is 3.27. The molecule has 17 heavy (non-hydrogen) atoms. The number of amides is 1. The zero-order valence-electron chi connectivity index (χ0n) is 10.7. The van der Waals surface area contributed by atoms with Crippen LogP contribution in [0.15, 0.2) is 0 Å². The molecule has 0 bridgehead atoms. The van der Waals surface area contributed by atoms with Gasteiger partial charge in [0.25, 0.3) is 5.91 Å². The predicted octanol–water partition coefficient (Wildman–Crippen LogP) is 1.42. The molecule has 1 fully saturated rings. The average molecular weight is 236 g/mol. The zero-order valence-corrected chi connectivity index (χ0v) is 10.7. The summed E-state index contributed by atoms with van der Waals surface area (Å²) in [7, 11) is 0. The number of carbonyl (C=O) groups is 1. The number of rotatable bonds is 4. The highest BCUT2D eigenvalue weighted by atomic mass is 16.2. The number of hydrogen-bond acceptors (Lipinski definition) is 3. The molecule has 1 amide bonds. The van der Waals surface area contributed by atoms with Crippen LogP contribution in [0.1, 0.15) is 42.9 Å². The van der Waals surface area contributed by atoms with Crippen molar-refractivity contribution in [1.82, 2.24) is 14.7 Å². The van der Waals surface area contributed by atoms with Crippen LogP contribution in [0.5, 0.6) is 0 Å². The van der Waals surface area contributed by atoms with Crippen LogP contribution < -0.4 is 5.73 Å². The Labute approximate surface area is 102 Å². The number of anilines is 1. The van der Waals surface area contributed by atoms with Crippen LogP contribution in [0.25, 0.3) is 0 Å². The fourth-order valence-electron chi connectivity index (χ4n) is 2.14. The van der Waals surface area contributed by atoms with Crippen molar-refractivity contribution >= 4 is 11.6 Å². The topological polar surface area (TPSA) is 64.2 Å². The Balaban J connectivity index is 2.34. The molecular formula is C12H20N4O. The normalized spacial score (nSPS) is 15.0. The average Bonchev–Trinajstić information content (AvgIpc) is 3.08. The summed E-state index contributed by atoms with van der Waals surface area (Å²) in [6.45, 7) is 7.21. The summed E-state index contributed by atoms with van der Waals surface area (Å²) in [6.07, 6.45) is 2.22. The van der Waals surface area contributed by atoms with Crippen molar-refractivity contribution in [2.24, 2.45) is 0 Å². The van der Waals surface area contributed by atoms with Crippen LogP contribution in [0.4, 0.5) is 5.69 Å². The lowest BCUT2D eigenvalue weighted by Crippen LogP contribution is -2.34. The lowest BCUT2D eigenvalue weighted by molar-refractivity contribution is 0.0741. The van der Waals surface area contributed by atoms with Crippen LogP contribution in [-0.2, 0) is 6.54 Å². The van der Waals surface area contributed by atoms with Gasteiger partial charge in [0.15, 0.2) is 0 Å². The Morgan fingerprint density at radius 3 is 2.65 bits per heavy atom. The van der Waals surface area contributed by atoms with Gasteiger partial charge in [-0.2, -0.15) is 5.10 Å². The molecule has 0 atom stereocenters. The van der Waals surface area contributed by atoms with Gasteiger partial charge in [0.2, 0.25) is 0 Å². The van der Waals surface area contributed by atoms with Gasteiger partial charge in [-0.1, -0.05) is 0 Å². The Morgan fingerprint density at radius 1 is 1.53 bits per heavy atom. The molecule has 1 saturated carbocycles. The van der Waals surface area contributed by atoms with Crippen molar-refractivity contribution in [1.29, 1.82) is 0 Å². The van der Waals surface area contributed by atoms with Crippen LogP contribution in [0.3, 0.4) is 0 Å². The third-order valence-corrected chi connectivity index (χ3v) is 3.27. The van der Waals surface area contributed by atoms with Crippen molar-refractivity contribution in [2.45, 2.75) is 46.2 Å². The molecule has 0 radical (unpaired) electrons. The van der Waals surface area contributed by atoms with E-state index in [0.29, 0.717) is 24.0 Å². The first-order valence-electron chi connectivity index (χ1n) is 6.23. The van der Waals surface area contributed by atoms with Gasteiger partial charge in [0.05, 0.1) is 11.4 Å². The van der Waals surface area contributed by atoms with Gasteiger partial charge in [0, 0.05) is 19.1 Å². The predicted molar refractivity (Wildman–Crippen MR) is 66.8 cm³/mol. The molecule has 0 aliphatic heterocycles. The smallest absolute Gasteiger partial charge is 0.274 e. The van der Waals surface area contributed by atoms with E-state index in [0.717, 1.165) is 25.1 Å². The number of nitrogens with zero attached hydrogens (tertiary/aromatic N) is 3. The molecule has 94 valence electrons. The van der Waals surface area contributed by atoms with Gasteiger partial charge < -0.3 is 10.6 Å². The summed E-state index contributed by atoms with van der Waals surface area (Å²) in [6, 6.07) is 0.410. The first-order chi connectivity index (χ1) is 8.10. The number of nitrogens with two attached hydrogens (primary N) is 1. The number of carbonyl (C=O) groups excluding carboxylic acids is 1. The summed E-state index contributed by atoms with van der Waals surface area (Å²) in [4.78, 5) is 14.4. The fourth-order valence-corrected chi connectivity index (χ4v) is 2.14. The van der Waals surface area contributed by atoms with E-state index in [9.17, 15) is 4.79 Å². The largest absolute Gasteiger partial charge is 0.395 e. The van der Waals surface area contributed by atoms with E-state index in [1.54, 1.807) is 4.68 Å². The van der Waals surface area contributed by atoms with E-state index in [-0.39, 0.29) is 5.91 Å². The lowest BCUT2D eigenvalue weighted by atomic mass is 10.2. The first-order valence-corrected chi connectivity index (χ1v) is 6.23. The van der Waals surface area contributed by atoms with Gasteiger partial charge >= 0.3 is 0 Å². The highest BCUT2D eigenvalue weighted by Crippen LogP contribution is 2.29. The zero-order chi connectivity index (χ0) is 12.6. The highest BCUT2D eigenvalue weighted by Gasteiger charge is 2.34. The Bertz CT molecular complexity index is 434. The molecule has 1 aliphatic carbocycles. The van der Waals surface area contributed by atoms with E-state index < -0.39 is 0 Å². The van der Waals surface area contributed by atoms with E-state index in [4.69, 9.17) is 5.73 Å². The lowest BCUT2D eigenvalue weighted by Gasteiger charge is -2.20. The van der Waals surface area contributed by atoms with Crippen molar-refractivity contribution in [3.8, 4) is 0 Å². The molecule has 5 heteroatoms. The quantitative estimate of drug-likeness (QED) is 0.859. The maximum Gasteiger partial charge on any atom is 0.274 e. The Morgan fingerprint density at radius 2 is 2.18 bits per heavy atom. The summed E-state index contributed by atoms with van der Waals surface area (Å²) in [5.41, 5.74) is 7.78. The van der Waals surface area contributed by atoms with Crippen LogP contribution >= 0.6 is 0 Å². The van der Waals surface area contributed by atoms with Crippen LogP contribution in [0.2, 0.25) is 0 Å². The molecule has 0 spiro atoms. The van der Waals surface area contributed by atoms with Gasteiger partial charge in [-0.3, -0.25) is 9.48 Å². The third kappa shape index (κ3) is 2.01. The summed E-state index contributed by atoms with van der Waals surface area (Å²) in [5, 5.41) is 4.29. The van der Waals surface area contributed by atoms with Gasteiger partial charge in [0.1, 0.15) is 5.69 Å². The van der Waals surface area contributed by atoms with Gasteiger partial charge in [-0.25, -0.2) is 0 Å². The van der Waals surface area contributed by atoms with Gasteiger partial charge in [-0.15, -0.1) is 0 Å². The van der Waals surface area contributed by atoms with E-state index >= 15 is 0 Å². The molecule has 2 N–H and O–H groups in total. The van der Waals surface area contributed by atoms with Crippen LogP contribution in [-0.4, -0.2) is 33.2 Å². The van der Waals surface area contributed by atoms with E-state index in [2.05, 4.69) is 5.10 Å². The van der Waals surface area contributed by atoms with Crippen molar-refractivity contribution < 1.29 is 4.79 Å². The standard InChI is InChI=1S/C12H20N4O/c1-4-15(9-6-7-9)12(17)11-10(13)8(3)14-16(11)5-2/h9H,4-7,13H2,1-3H3. The number of hydrogen-bond donors (Lipinski definition) is 1. The summed E-state index contributed by atoms with van der Waals surface area (Å²) < 4.78 is 1.71. The van der Waals surface area contributed by atoms with Crippen molar-refractivity contribution in [2.75, 3.05) is 12.3 Å². The summed E-state index contributed by atoms with van der Waals surface area (Å²) in [5.74, 6) is 0.0231. The highest BCUT2D eigenvalue weighted by molar-refractivity contribution is 5.98. The SMILES string of the molecule is CCN(C(=O)c1c(N)c(C)nn1CC)C1CC1. The number of aromatic nitrogens is 2. The molecule has 2 rings (SSSR count). The molecule has 1 heterocycles. The molecule has 0 unspecified atom stereocenters. The van der Waals surface area contributed by atoms with Crippen LogP contribution in [0, 0.1) is 6.92 Å². The minimum Gasteiger partial charge on any atom is -0.395 e. The van der Waals surface area contributed by atoms with E-state index in [1.165, 1.54) is 0 Å². The molecule has 5 nitrogen and oxygen atoms in total. The molecular weight excluding hydrogens is 216 g/mol. The van der Waals surface area contributed by atoms with Crippen molar-refractivity contribution in [3.63, 3.8) is 0 Å². The second kappa shape index (κ2) is 4.39. The fraction of sp³-hybridized carbons (Fsp3) is 0.667. The van der Waals surface area contributed by atoms with E-state index in [1.807, 2.05) is 25.7 Å². The Kier molecular flexibility index (Phi) is 3.09. The first kappa shape index (κ1) is 12.0. The molecule has 1 aliphatic rings. The molecule has 1 aromatic rings. The maximum atomic E-state index is 12.5. The monoisotopic (exact) mass is 236 g/mol. The van der Waals surface area contributed by atoms with Crippen molar-refractivity contribution in [3.05, 3.63) is 11.4 Å². The molecule has 0 aromatic carbocycles. The van der Waals surface area contributed by atoms with Gasteiger partial charge in [-0.05, 0) is 33.6 Å². The molecule has 1 aromatic heterocycles. The molecule has 0 saturated heterocycles. The second-order valence-corrected chi connectivity index (χ2v) is 4.49. The Hall–Kier alpha value is -1.52. The number of nitrogen functional groups attached to an aromatic ring is 1. The summed E-state index contributed by atoms with van der Waals surface area (Å²) >= 11 is 0. The second-order valence-electron chi connectivity index (χ2n) is 4.49. The maximum absolute atomic E-state index is 12.5. The minimum atomic E-state index is 0.0231. The minimum absolute atomic E-state index is 0.0231.